The minimum Gasteiger partial charge on any atom is -0.477 e. The van der Waals surface area contributed by atoms with Crippen molar-refractivity contribution in [3.63, 3.8) is 0 Å². The summed E-state index contributed by atoms with van der Waals surface area (Å²) in [5.74, 6) is -1.12. The lowest BCUT2D eigenvalue weighted by atomic mass is 10.1. The average Bonchev–Trinajstić information content (AvgIpc) is 2.41. The van der Waals surface area contributed by atoms with Gasteiger partial charge in [-0.05, 0) is 12.8 Å². The molecule has 0 spiro atoms. The molecule has 0 radical (unpaired) electrons. The molecular formula is C11H13N3O6S. The maximum atomic E-state index is 11.3. The molecule has 1 aromatic heterocycles. The van der Waals surface area contributed by atoms with Gasteiger partial charge in [0.25, 0.3) is 0 Å². The molecule has 0 atom stereocenters. The van der Waals surface area contributed by atoms with Crippen molar-refractivity contribution in [2.75, 3.05) is 16.8 Å². The maximum absolute atomic E-state index is 11.3. The number of rotatable bonds is 4. The summed E-state index contributed by atoms with van der Waals surface area (Å²) in [6.07, 6.45) is 1.66. The highest BCUT2D eigenvalue weighted by Crippen LogP contribution is 2.22. The van der Waals surface area contributed by atoms with Crippen LogP contribution in [0, 0.1) is 10.1 Å². The Kier molecular flexibility index (Phi) is 4.07. The fourth-order valence-electron chi connectivity index (χ4n) is 2.09. The standard InChI is InChI=1S/C11H13N3O6S/c15-11(16)8-5-10(12-6-9(8)14(17)18)13-7-1-3-21(19,20)4-2-7/h5-7H,1-4H2,(H,12,13)(H,15,16). The zero-order valence-corrected chi connectivity index (χ0v) is 11.7. The normalized spacial score (nSPS) is 18.1. The summed E-state index contributed by atoms with van der Waals surface area (Å²) < 4.78 is 22.6. The van der Waals surface area contributed by atoms with E-state index in [9.17, 15) is 23.3 Å². The number of sulfone groups is 1. The Bertz CT molecular complexity index is 673. The minimum atomic E-state index is -2.99. The van der Waals surface area contributed by atoms with Crippen LogP contribution < -0.4 is 5.32 Å². The number of hydrogen-bond donors (Lipinski definition) is 2. The number of carboxylic acid groups (broad SMARTS) is 1. The van der Waals surface area contributed by atoms with Crippen molar-refractivity contribution in [3.05, 3.63) is 27.9 Å². The first-order chi connectivity index (χ1) is 9.78. The third kappa shape index (κ3) is 3.66. The van der Waals surface area contributed by atoms with Gasteiger partial charge in [0.05, 0.1) is 16.4 Å². The van der Waals surface area contributed by atoms with Gasteiger partial charge in [-0.25, -0.2) is 18.2 Å². The Morgan fingerprint density at radius 3 is 2.57 bits per heavy atom. The van der Waals surface area contributed by atoms with E-state index in [1.54, 1.807) is 0 Å². The highest BCUT2D eigenvalue weighted by atomic mass is 32.2. The predicted octanol–water partition coefficient (Wildman–Crippen LogP) is 0.677. The number of aromatic nitrogens is 1. The molecule has 9 nitrogen and oxygen atoms in total. The van der Waals surface area contributed by atoms with E-state index in [4.69, 9.17) is 5.11 Å². The molecule has 1 fully saturated rings. The SMILES string of the molecule is O=C(O)c1cc(NC2CCS(=O)(=O)CC2)ncc1[N+](=O)[O-]. The summed E-state index contributed by atoms with van der Waals surface area (Å²) in [7, 11) is -2.99. The maximum Gasteiger partial charge on any atom is 0.342 e. The number of carbonyl (C=O) groups is 1. The molecule has 2 N–H and O–H groups in total. The predicted molar refractivity (Wildman–Crippen MR) is 73.1 cm³/mol. The lowest BCUT2D eigenvalue weighted by Gasteiger charge is -2.23. The van der Waals surface area contributed by atoms with Crippen LogP contribution in [0.3, 0.4) is 0 Å². The van der Waals surface area contributed by atoms with Gasteiger partial charge in [0.15, 0.2) is 0 Å². The van der Waals surface area contributed by atoms with Gasteiger partial charge in [0.1, 0.15) is 27.4 Å². The zero-order chi connectivity index (χ0) is 15.6. The van der Waals surface area contributed by atoms with Crippen LogP contribution in [-0.2, 0) is 9.84 Å². The molecule has 1 aliphatic rings. The molecule has 0 saturated carbocycles. The number of hydrogen-bond acceptors (Lipinski definition) is 7. The van der Waals surface area contributed by atoms with Gasteiger partial charge in [-0.1, -0.05) is 0 Å². The molecule has 2 heterocycles. The largest absolute Gasteiger partial charge is 0.477 e. The van der Waals surface area contributed by atoms with Crippen molar-refractivity contribution < 1.29 is 23.2 Å². The number of nitrogens with one attached hydrogen (secondary N) is 1. The molecule has 0 amide bonds. The van der Waals surface area contributed by atoms with Gasteiger partial charge in [0.2, 0.25) is 0 Å². The molecule has 2 rings (SSSR count). The summed E-state index contributed by atoms with van der Waals surface area (Å²) in [6, 6.07) is 0.938. The van der Waals surface area contributed by atoms with Crippen LogP contribution in [0.4, 0.5) is 11.5 Å². The van der Waals surface area contributed by atoms with Crippen LogP contribution in [0.15, 0.2) is 12.3 Å². The quantitative estimate of drug-likeness (QED) is 0.610. The highest BCUT2D eigenvalue weighted by molar-refractivity contribution is 7.91. The molecule has 114 valence electrons. The van der Waals surface area contributed by atoms with Gasteiger partial charge in [0, 0.05) is 12.1 Å². The van der Waals surface area contributed by atoms with E-state index in [-0.39, 0.29) is 23.4 Å². The Morgan fingerprint density at radius 2 is 2.05 bits per heavy atom. The first-order valence-electron chi connectivity index (χ1n) is 6.13. The Hall–Kier alpha value is -2.23. The van der Waals surface area contributed by atoms with E-state index < -0.39 is 32.0 Å². The summed E-state index contributed by atoms with van der Waals surface area (Å²) in [5.41, 5.74) is -1.04. The van der Waals surface area contributed by atoms with Crippen LogP contribution in [-0.4, -0.2) is 46.9 Å². The van der Waals surface area contributed by atoms with Gasteiger partial charge < -0.3 is 10.4 Å². The fraction of sp³-hybridized carbons (Fsp3) is 0.455. The van der Waals surface area contributed by atoms with Crippen LogP contribution in [0.2, 0.25) is 0 Å². The van der Waals surface area contributed by atoms with Crippen LogP contribution in [0.5, 0.6) is 0 Å². The van der Waals surface area contributed by atoms with E-state index in [0.29, 0.717) is 12.8 Å². The molecule has 0 unspecified atom stereocenters. The highest BCUT2D eigenvalue weighted by Gasteiger charge is 2.25. The van der Waals surface area contributed by atoms with Gasteiger partial charge in [-0.3, -0.25) is 10.1 Å². The molecule has 0 bridgehead atoms. The summed E-state index contributed by atoms with van der Waals surface area (Å²) in [5, 5.41) is 22.6. The third-order valence-electron chi connectivity index (χ3n) is 3.22. The van der Waals surface area contributed by atoms with E-state index in [2.05, 4.69) is 10.3 Å². The minimum absolute atomic E-state index is 0.0590. The number of aromatic carboxylic acids is 1. The fourth-order valence-corrected chi connectivity index (χ4v) is 3.58. The number of nitro groups is 1. The number of pyridine rings is 1. The first-order valence-corrected chi connectivity index (χ1v) is 7.95. The molecular weight excluding hydrogens is 302 g/mol. The summed E-state index contributed by atoms with van der Waals surface area (Å²) >= 11 is 0. The Morgan fingerprint density at radius 1 is 1.43 bits per heavy atom. The van der Waals surface area contributed by atoms with Crippen molar-refractivity contribution in [2.24, 2.45) is 0 Å². The Balaban J connectivity index is 2.16. The van der Waals surface area contributed by atoms with Crippen molar-refractivity contribution >= 4 is 27.3 Å². The van der Waals surface area contributed by atoms with Gasteiger partial charge >= 0.3 is 11.7 Å². The number of anilines is 1. The van der Waals surface area contributed by atoms with Crippen molar-refractivity contribution in [3.8, 4) is 0 Å². The molecule has 21 heavy (non-hydrogen) atoms. The van der Waals surface area contributed by atoms with Gasteiger partial charge in [-0.15, -0.1) is 0 Å². The Labute approximate surface area is 120 Å². The summed E-state index contributed by atoms with van der Waals surface area (Å²) in [6.45, 7) is 0. The van der Waals surface area contributed by atoms with E-state index in [0.717, 1.165) is 12.3 Å². The van der Waals surface area contributed by atoms with Crippen molar-refractivity contribution in [1.82, 2.24) is 4.98 Å². The van der Waals surface area contributed by atoms with Crippen LogP contribution in [0.25, 0.3) is 0 Å². The van der Waals surface area contributed by atoms with E-state index in [1.165, 1.54) is 0 Å². The van der Waals surface area contributed by atoms with Crippen LogP contribution >= 0.6 is 0 Å². The van der Waals surface area contributed by atoms with Crippen LogP contribution in [0.1, 0.15) is 23.2 Å². The number of carboxylic acids is 1. The lowest BCUT2D eigenvalue weighted by molar-refractivity contribution is -0.385. The smallest absolute Gasteiger partial charge is 0.342 e. The van der Waals surface area contributed by atoms with E-state index >= 15 is 0 Å². The van der Waals surface area contributed by atoms with Crippen molar-refractivity contribution in [2.45, 2.75) is 18.9 Å². The topological polar surface area (TPSA) is 140 Å². The van der Waals surface area contributed by atoms with E-state index in [1.807, 2.05) is 0 Å². The molecule has 0 aromatic carbocycles. The second-order valence-corrected chi connectivity index (χ2v) is 7.02. The first kappa shape index (κ1) is 15.2. The molecule has 10 heteroatoms. The molecule has 1 saturated heterocycles. The van der Waals surface area contributed by atoms with Gasteiger partial charge in [-0.2, -0.15) is 0 Å². The second-order valence-electron chi connectivity index (χ2n) is 4.72. The number of nitrogens with zero attached hydrogens (tertiary/aromatic N) is 2. The van der Waals surface area contributed by atoms with Crippen molar-refractivity contribution in [1.29, 1.82) is 0 Å². The molecule has 0 aliphatic carbocycles. The average molecular weight is 315 g/mol. The molecule has 1 aromatic rings. The monoisotopic (exact) mass is 315 g/mol. The summed E-state index contributed by atoms with van der Waals surface area (Å²) in [4.78, 5) is 24.7. The lowest BCUT2D eigenvalue weighted by Crippen LogP contribution is -2.32. The second kappa shape index (κ2) is 5.64. The molecule has 1 aliphatic heterocycles. The third-order valence-corrected chi connectivity index (χ3v) is 4.93. The zero-order valence-electron chi connectivity index (χ0n) is 10.9.